The Bertz CT molecular complexity index is 348. The minimum absolute atomic E-state index is 0.00334. The Balaban J connectivity index is 1.55. The molecule has 1 heterocycles. The van der Waals surface area contributed by atoms with Gasteiger partial charge in [0.15, 0.2) is 0 Å². The fraction of sp³-hybridized carbons (Fsp3) is 0.867. The van der Waals surface area contributed by atoms with Crippen molar-refractivity contribution in [2.45, 2.75) is 38.5 Å². The fourth-order valence-corrected chi connectivity index (χ4v) is 3.30. The number of urea groups is 1. The lowest BCUT2D eigenvalue weighted by Gasteiger charge is -2.33. The number of nitrogens with one attached hydrogen (secondary N) is 1. The van der Waals surface area contributed by atoms with Crippen molar-refractivity contribution >= 4 is 12.0 Å². The van der Waals surface area contributed by atoms with Crippen LogP contribution in [0.2, 0.25) is 0 Å². The Kier molecular flexibility index (Phi) is 6.29. The van der Waals surface area contributed by atoms with E-state index in [0.717, 1.165) is 18.9 Å². The van der Waals surface area contributed by atoms with E-state index >= 15 is 0 Å². The predicted molar refractivity (Wildman–Crippen MR) is 80.2 cm³/mol. The molecule has 0 unspecified atom stereocenters. The highest BCUT2D eigenvalue weighted by Crippen LogP contribution is 2.28. The summed E-state index contributed by atoms with van der Waals surface area (Å²) in [6.45, 7) is 3.33. The molecule has 2 N–H and O–H groups in total. The third-order valence-electron chi connectivity index (χ3n) is 4.56. The number of hydrogen-bond acceptors (Lipinski definition) is 3. The molecular weight excluding hydrogens is 270 g/mol. The summed E-state index contributed by atoms with van der Waals surface area (Å²) >= 11 is 0. The highest BCUT2D eigenvalue weighted by molar-refractivity contribution is 5.74. The van der Waals surface area contributed by atoms with Gasteiger partial charge in [-0.25, -0.2) is 4.79 Å². The molecule has 120 valence electrons. The molecule has 1 aliphatic carbocycles. The Morgan fingerprint density at radius 2 is 1.76 bits per heavy atom. The van der Waals surface area contributed by atoms with Crippen molar-refractivity contribution in [3.05, 3.63) is 0 Å². The summed E-state index contributed by atoms with van der Waals surface area (Å²) in [6, 6.07) is -0.00334. The van der Waals surface area contributed by atoms with Crippen molar-refractivity contribution in [1.29, 1.82) is 0 Å². The minimum Gasteiger partial charge on any atom is -0.480 e. The second-order valence-corrected chi connectivity index (χ2v) is 6.18. The van der Waals surface area contributed by atoms with Gasteiger partial charge >= 0.3 is 12.0 Å². The lowest BCUT2D eigenvalue weighted by atomic mass is 10.0. The fourth-order valence-electron chi connectivity index (χ4n) is 3.30. The molecule has 2 aliphatic rings. The van der Waals surface area contributed by atoms with Crippen LogP contribution in [0.15, 0.2) is 0 Å². The number of carboxylic acids is 1. The largest absolute Gasteiger partial charge is 0.480 e. The molecule has 6 heteroatoms. The van der Waals surface area contributed by atoms with E-state index in [1.165, 1.54) is 32.1 Å². The summed E-state index contributed by atoms with van der Waals surface area (Å²) in [7, 11) is 0. The van der Waals surface area contributed by atoms with Crippen LogP contribution in [0.1, 0.15) is 38.5 Å². The van der Waals surface area contributed by atoms with Crippen molar-refractivity contribution in [2.24, 2.45) is 5.92 Å². The third kappa shape index (κ3) is 5.53. The highest BCUT2D eigenvalue weighted by Gasteiger charge is 2.22. The summed E-state index contributed by atoms with van der Waals surface area (Å²) < 4.78 is 0. The lowest BCUT2D eigenvalue weighted by Crippen LogP contribution is -2.52. The Labute approximate surface area is 126 Å². The van der Waals surface area contributed by atoms with Crippen LogP contribution in [0.5, 0.6) is 0 Å². The van der Waals surface area contributed by atoms with Gasteiger partial charge in [0.1, 0.15) is 0 Å². The van der Waals surface area contributed by atoms with Crippen LogP contribution in [-0.2, 0) is 4.79 Å². The first-order valence-electron chi connectivity index (χ1n) is 8.12. The van der Waals surface area contributed by atoms with Crippen LogP contribution in [0.25, 0.3) is 0 Å². The number of hydrogen-bond donors (Lipinski definition) is 2. The van der Waals surface area contributed by atoms with E-state index in [-0.39, 0.29) is 12.6 Å². The van der Waals surface area contributed by atoms with Crippen molar-refractivity contribution in [3.8, 4) is 0 Å². The topological polar surface area (TPSA) is 72.9 Å². The smallest absolute Gasteiger partial charge is 0.317 e. The van der Waals surface area contributed by atoms with E-state index in [4.69, 9.17) is 5.11 Å². The molecule has 0 bridgehead atoms. The summed E-state index contributed by atoms with van der Waals surface area (Å²) in [5, 5.41) is 11.7. The average molecular weight is 297 g/mol. The predicted octanol–water partition coefficient (Wildman–Crippen LogP) is 1.37. The number of piperazine rings is 1. The average Bonchev–Trinajstić information content (AvgIpc) is 2.97. The molecule has 2 amide bonds. The molecule has 0 atom stereocenters. The van der Waals surface area contributed by atoms with Crippen molar-refractivity contribution in [3.63, 3.8) is 0 Å². The summed E-state index contributed by atoms with van der Waals surface area (Å²) in [6.07, 6.45) is 7.76. The zero-order valence-electron chi connectivity index (χ0n) is 12.7. The lowest BCUT2D eigenvalue weighted by molar-refractivity contribution is -0.138. The zero-order valence-corrected chi connectivity index (χ0v) is 12.7. The molecule has 0 aromatic carbocycles. The first-order chi connectivity index (χ1) is 10.1. The van der Waals surface area contributed by atoms with Gasteiger partial charge in [-0.2, -0.15) is 0 Å². The maximum Gasteiger partial charge on any atom is 0.317 e. The van der Waals surface area contributed by atoms with Crippen LogP contribution in [0, 0.1) is 5.92 Å². The summed E-state index contributed by atoms with van der Waals surface area (Å²) in [4.78, 5) is 26.3. The van der Waals surface area contributed by atoms with Crippen molar-refractivity contribution in [1.82, 2.24) is 15.1 Å². The molecule has 0 aromatic rings. The van der Waals surface area contributed by atoms with Crippen LogP contribution in [0.4, 0.5) is 4.79 Å². The Morgan fingerprint density at radius 1 is 1.10 bits per heavy atom. The van der Waals surface area contributed by atoms with Gasteiger partial charge in [0.2, 0.25) is 0 Å². The number of carbonyl (C=O) groups is 2. The quantitative estimate of drug-likeness (QED) is 0.726. The van der Waals surface area contributed by atoms with Gasteiger partial charge in [-0.1, -0.05) is 25.7 Å². The molecule has 1 saturated heterocycles. The molecule has 0 aromatic heterocycles. The maximum absolute atomic E-state index is 12.0. The molecule has 21 heavy (non-hydrogen) atoms. The Hall–Kier alpha value is -1.30. The SMILES string of the molecule is O=C(O)CN1CCN(C(=O)NCCCC2CCCC2)CC1. The monoisotopic (exact) mass is 297 g/mol. The number of carbonyl (C=O) groups excluding carboxylic acids is 1. The molecule has 2 fully saturated rings. The molecule has 2 rings (SSSR count). The van der Waals surface area contributed by atoms with Crippen LogP contribution >= 0.6 is 0 Å². The van der Waals surface area contributed by atoms with E-state index in [1.54, 1.807) is 4.90 Å². The zero-order chi connectivity index (χ0) is 15.1. The number of amides is 2. The van der Waals surface area contributed by atoms with Gasteiger partial charge < -0.3 is 15.3 Å². The summed E-state index contributed by atoms with van der Waals surface area (Å²) in [5.74, 6) is 0.0706. The maximum atomic E-state index is 12.0. The molecule has 6 nitrogen and oxygen atoms in total. The second kappa shape index (κ2) is 8.22. The standard InChI is InChI=1S/C15H27N3O3/c19-14(20)12-17-8-10-18(11-9-17)15(21)16-7-3-6-13-4-1-2-5-13/h13H,1-12H2,(H,16,21)(H,19,20). The normalized spacial score (nSPS) is 20.7. The van der Waals surface area contributed by atoms with Gasteiger partial charge in [0, 0.05) is 32.7 Å². The third-order valence-corrected chi connectivity index (χ3v) is 4.56. The number of aliphatic carboxylic acids is 1. The first-order valence-corrected chi connectivity index (χ1v) is 8.12. The molecule has 0 spiro atoms. The first kappa shape index (κ1) is 16.1. The second-order valence-electron chi connectivity index (χ2n) is 6.18. The van der Waals surface area contributed by atoms with E-state index in [9.17, 15) is 9.59 Å². The molecular formula is C15H27N3O3. The van der Waals surface area contributed by atoms with Gasteiger partial charge in [-0.3, -0.25) is 9.69 Å². The Morgan fingerprint density at radius 3 is 2.38 bits per heavy atom. The van der Waals surface area contributed by atoms with Crippen molar-refractivity contribution < 1.29 is 14.7 Å². The van der Waals surface area contributed by atoms with Gasteiger partial charge in [-0.05, 0) is 18.8 Å². The number of carboxylic acid groups (broad SMARTS) is 1. The van der Waals surface area contributed by atoms with E-state index in [0.29, 0.717) is 26.2 Å². The minimum atomic E-state index is -0.806. The van der Waals surface area contributed by atoms with E-state index < -0.39 is 5.97 Å². The number of nitrogens with zero attached hydrogens (tertiary/aromatic N) is 2. The molecule has 1 saturated carbocycles. The van der Waals surface area contributed by atoms with Crippen LogP contribution in [0.3, 0.4) is 0 Å². The van der Waals surface area contributed by atoms with Crippen LogP contribution in [-0.4, -0.2) is 66.2 Å². The van der Waals surface area contributed by atoms with E-state index in [1.807, 2.05) is 4.90 Å². The van der Waals surface area contributed by atoms with Crippen molar-refractivity contribution in [2.75, 3.05) is 39.3 Å². The van der Waals surface area contributed by atoms with Gasteiger partial charge in [0.25, 0.3) is 0 Å². The molecule has 0 radical (unpaired) electrons. The van der Waals surface area contributed by atoms with E-state index in [2.05, 4.69) is 5.32 Å². The number of rotatable bonds is 6. The van der Waals surface area contributed by atoms with Gasteiger partial charge in [-0.15, -0.1) is 0 Å². The summed E-state index contributed by atoms with van der Waals surface area (Å²) in [5.41, 5.74) is 0. The van der Waals surface area contributed by atoms with Crippen LogP contribution < -0.4 is 5.32 Å². The van der Waals surface area contributed by atoms with Gasteiger partial charge in [0.05, 0.1) is 6.54 Å². The molecule has 1 aliphatic heterocycles. The highest BCUT2D eigenvalue weighted by atomic mass is 16.4.